The van der Waals surface area contributed by atoms with Crippen molar-refractivity contribution in [3.05, 3.63) is 45.7 Å². The number of pyridine rings is 1. The van der Waals surface area contributed by atoms with Gasteiger partial charge >= 0.3 is 0 Å². The molecule has 1 heterocycles. The predicted molar refractivity (Wildman–Crippen MR) is 78.1 cm³/mol. The fraction of sp³-hybridized carbons (Fsp3) is 0.333. The summed E-state index contributed by atoms with van der Waals surface area (Å²) in [7, 11) is 3.38. The van der Waals surface area contributed by atoms with Crippen LogP contribution < -0.4 is 10.7 Å². The minimum Gasteiger partial charge on any atom is -0.383 e. The number of carbonyl (C=O) groups is 1. The number of fused-ring (bicyclic) bond motifs is 1. The predicted octanol–water partition coefficient (Wildman–Crippen LogP) is 1.22. The summed E-state index contributed by atoms with van der Waals surface area (Å²) in [6.07, 6.45) is 1.57. The molecule has 0 unspecified atom stereocenters. The third-order valence-electron chi connectivity index (χ3n) is 3.18. The highest BCUT2D eigenvalue weighted by atomic mass is 16.5. The zero-order valence-electron chi connectivity index (χ0n) is 11.9. The second-order valence-corrected chi connectivity index (χ2v) is 4.75. The van der Waals surface area contributed by atoms with E-state index in [1.165, 1.54) is 0 Å². The van der Waals surface area contributed by atoms with Crippen LogP contribution in [0, 0.1) is 6.92 Å². The summed E-state index contributed by atoms with van der Waals surface area (Å²) >= 11 is 0. The van der Waals surface area contributed by atoms with E-state index in [0.29, 0.717) is 18.5 Å². The van der Waals surface area contributed by atoms with Gasteiger partial charge in [-0.15, -0.1) is 0 Å². The molecule has 0 spiro atoms. The van der Waals surface area contributed by atoms with Gasteiger partial charge in [-0.1, -0.05) is 11.6 Å². The fourth-order valence-electron chi connectivity index (χ4n) is 2.13. The Kier molecular flexibility index (Phi) is 4.20. The van der Waals surface area contributed by atoms with Crippen molar-refractivity contribution in [3.8, 4) is 0 Å². The van der Waals surface area contributed by atoms with E-state index in [2.05, 4.69) is 5.32 Å². The lowest BCUT2D eigenvalue weighted by Gasteiger charge is -2.10. The van der Waals surface area contributed by atoms with Crippen molar-refractivity contribution in [1.82, 2.24) is 9.88 Å². The van der Waals surface area contributed by atoms with Crippen LogP contribution in [0.4, 0.5) is 0 Å². The molecule has 1 N–H and O–H groups in total. The number of hydrogen-bond donors (Lipinski definition) is 1. The van der Waals surface area contributed by atoms with E-state index < -0.39 is 0 Å². The SMILES string of the molecule is COCCNC(=O)c1cn(C)c2ccc(C)cc2c1=O. The first kappa shape index (κ1) is 14.3. The number of carbonyl (C=O) groups excluding carboxylic acids is 1. The number of ether oxygens (including phenoxy) is 1. The molecular weight excluding hydrogens is 256 g/mol. The standard InChI is InChI=1S/C15H18N2O3/c1-10-4-5-13-11(8-10)14(18)12(9-17(13)2)15(19)16-6-7-20-3/h4-5,8-9H,6-7H2,1-3H3,(H,16,19). The Morgan fingerprint density at radius 1 is 1.40 bits per heavy atom. The van der Waals surface area contributed by atoms with Crippen LogP contribution in [0.5, 0.6) is 0 Å². The zero-order chi connectivity index (χ0) is 14.7. The van der Waals surface area contributed by atoms with Crippen molar-refractivity contribution >= 4 is 16.8 Å². The molecule has 0 saturated heterocycles. The van der Waals surface area contributed by atoms with Crippen LogP contribution >= 0.6 is 0 Å². The summed E-state index contributed by atoms with van der Waals surface area (Å²) in [4.78, 5) is 24.4. The molecule has 0 saturated carbocycles. The highest BCUT2D eigenvalue weighted by Crippen LogP contribution is 2.12. The van der Waals surface area contributed by atoms with Gasteiger partial charge in [-0.3, -0.25) is 9.59 Å². The summed E-state index contributed by atoms with van der Waals surface area (Å²) in [5.41, 5.74) is 1.72. The molecule has 106 valence electrons. The van der Waals surface area contributed by atoms with Crippen LogP contribution in [-0.2, 0) is 11.8 Å². The molecule has 0 bridgehead atoms. The number of methoxy groups -OCH3 is 1. The first-order chi connectivity index (χ1) is 9.54. The number of nitrogens with zero attached hydrogens (tertiary/aromatic N) is 1. The number of benzene rings is 1. The molecule has 20 heavy (non-hydrogen) atoms. The topological polar surface area (TPSA) is 60.3 Å². The maximum atomic E-state index is 12.4. The van der Waals surface area contributed by atoms with Crippen LogP contribution in [0.2, 0.25) is 0 Å². The highest BCUT2D eigenvalue weighted by molar-refractivity contribution is 5.97. The Labute approximate surface area is 117 Å². The number of aryl methyl sites for hydroxylation is 2. The third kappa shape index (κ3) is 2.72. The van der Waals surface area contributed by atoms with E-state index in [9.17, 15) is 9.59 Å². The van der Waals surface area contributed by atoms with Crippen molar-refractivity contribution in [1.29, 1.82) is 0 Å². The van der Waals surface area contributed by atoms with Gasteiger partial charge in [0.05, 0.1) is 12.1 Å². The summed E-state index contributed by atoms with van der Waals surface area (Å²) < 4.78 is 6.66. The number of nitrogens with one attached hydrogen (secondary N) is 1. The summed E-state index contributed by atoms with van der Waals surface area (Å²) in [6, 6.07) is 5.64. The van der Waals surface area contributed by atoms with Gasteiger partial charge in [-0.05, 0) is 19.1 Å². The zero-order valence-corrected chi connectivity index (χ0v) is 11.9. The molecule has 0 aliphatic rings. The van der Waals surface area contributed by atoms with Crippen molar-refractivity contribution in [2.24, 2.45) is 7.05 Å². The average Bonchev–Trinajstić information content (AvgIpc) is 2.42. The molecule has 1 amide bonds. The minimum absolute atomic E-state index is 0.154. The normalized spacial score (nSPS) is 10.8. The third-order valence-corrected chi connectivity index (χ3v) is 3.18. The monoisotopic (exact) mass is 274 g/mol. The molecule has 0 atom stereocenters. The van der Waals surface area contributed by atoms with Gasteiger partial charge in [-0.25, -0.2) is 0 Å². The minimum atomic E-state index is -0.369. The smallest absolute Gasteiger partial charge is 0.256 e. The highest BCUT2D eigenvalue weighted by Gasteiger charge is 2.14. The van der Waals surface area contributed by atoms with Crippen LogP contribution in [0.3, 0.4) is 0 Å². The van der Waals surface area contributed by atoms with Crippen molar-refractivity contribution in [2.45, 2.75) is 6.92 Å². The number of rotatable bonds is 4. The number of hydrogen-bond acceptors (Lipinski definition) is 3. The summed E-state index contributed by atoms with van der Waals surface area (Å²) in [5.74, 6) is -0.369. The Balaban J connectivity index is 2.47. The van der Waals surface area contributed by atoms with Crippen LogP contribution in [-0.4, -0.2) is 30.7 Å². The summed E-state index contributed by atoms with van der Waals surface area (Å²) in [5, 5.41) is 3.23. The van der Waals surface area contributed by atoms with E-state index in [4.69, 9.17) is 4.74 Å². The molecule has 0 fully saturated rings. The van der Waals surface area contributed by atoms with Gasteiger partial charge in [0.15, 0.2) is 0 Å². The molecular formula is C15H18N2O3. The van der Waals surface area contributed by atoms with E-state index >= 15 is 0 Å². The molecule has 0 aliphatic heterocycles. The van der Waals surface area contributed by atoms with Gasteiger partial charge in [-0.2, -0.15) is 0 Å². The molecule has 0 radical (unpaired) electrons. The molecule has 2 rings (SSSR count). The van der Waals surface area contributed by atoms with Gasteiger partial charge < -0.3 is 14.6 Å². The second-order valence-electron chi connectivity index (χ2n) is 4.75. The van der Waals surface area contributed by atoms with E-state index in [1.807, 2.05) is 32.2 Å². The van der Waals surface area contributed by atoms with Crippen LogP contribution in [0.1, 0.15) is 15.9 Å². The Hall–Kier alpha value is -2.14. The molecule has 5 nitrogen and oxygen atoms in total. The van der Waals surface area contributed by atoms with Crippen LogP contribution in [0.25, 0.3) is 10.9 Å². The van der Waals surface area contributed by atoms with Crippen molar-refractivity contribution in [3.63, 3.8) is 0 Å². The quantitative estimate of drug-likeness (QED) is 0.853. The fourth-order valence-corrected chi connectivity index (χ4v) is 2.13. The van der Waals surface area contributed by atoms with Gasteiger partial charge in [0, 0.05) is 32.3 Å². The number of aromatic nitrogens is 1. The molecule has 5 heteroatoms. The van der Waals surface area contributed by atoms with Gasteiger partial charge in [0.25, 0.3) is 5.91 Å². The lowest BCUT2D eigenvalue weighted by atomic mass is 10.1. The van der Waals surface area contributed by atoms with Gasteiger partial charge in [0.2, 0.25) is 5.43 Å². The lowest BCUT2D eigenvalue weighted by Crippen LogP contribution is -2.31. The Morgan fingerprint density at radius 3 is 2.85 bits per heavy atom. The summed E-state index contributed by atoms with van der Waals surface area (Å²) in [6.45, 7) is 2.72. The molecule has 1 aromatic heterocycles. The van der Waals surface area contributed by atoms with Crippen molar-refractivity contribution in [2.75, 3.05) is 20.3 Å². The Morgan fingerprint density at radius 2 is 2.15 bits per heavy atom. The maximum Gasteiger partial charge on any atom is 0.256 e. The molecule has 1 aromatic carbocycles. The largest absolute Gasteiger partial charge is 0.383 e. The molecule has 2 aromatic rings. The molecule has 0 aliphatic carbocycles. The first-order valence-electron chi connectivity index (χ1n) is 6.41. The maximum absolute atomic E-state index is 12.4. The first-order valence-corrected chi connectivity index (χ1v) is 6.41. The number of amides is 1. The lowest BCUT2D eigenvalue weighted by molar-refractivity contribution is 0.0935. The van der Waals surface area contributed by atoms with E-state index in [-0.39, 0.29) is 16.9 Å². The van der Waals surface area contributed by atoms with Crippen molar-refractivity contribution < 1.29 is 9.53 Å². The van der Waals surface area contributed by atoms with E-state index in [1.54, 1.807) is 17.9 Å². The second kappa shape index (κ2) is 5.88. The van der Waals surface area contributed by atoms with E-state index in [0.717, 1.165) is 11.1 Å². The average molecular weight is 274 g/mol. The van der Waals surface area contributed by atoms with Gasteiger partial charge in [0.1, 0.15) is 5.56 Å². The Bertz CT molecular complexity index is 704. The van der Waals surface area contributed by atoms with Crippen LogP contribution in [0.15, 0.2) is 29.2 Å².